The highest BCUT2D eigenvalue weighted by Gasteiger charge is 2.66. The highest BCUT2D eigenvalue weighted by Crippen LogP contribution is 2.60. The monoisotopic (exact) mass is 904 g/mol. The Morgan fingerprint density at radius 3 is 2.38 bits per heavy atom. The lowest BCUT2D eigenvalue weighted by molar-refractivity contribution is -0.150. The van der Waals surface area contributed by atoms with Crippen molar-refractivity contribution in [1.29, 1.82) is 0 Å². The van der Waals surface area contributed by atoms with Gasteiger partial charge >= 0.3 is 0 Å². The first-order valence-electron chi connectivity index (χ1n) is 23.2. The molecule has 1 spiro atoms. The standard InChI is InChI=1S/C51H64N4O9Si/c1-7-63-40-18-21-44-35(27-40)28-43(52-23-8-9-25-56)49(59)55(44)36-13-10-12-34(26-36)31-54-45-22-17-39(62-4)29-42(45)51(50(54)60)33(2)48(65(5,6)41-19-15-38(61-3)16-20-41)46(64-51)30-47(58)53-24-11-14-37(53)32-57/h10,12-13,15-22,26-27,29,33,37,43,46,48,52,56-57H,7-9,11,14,23-25,28,30-32H2,1-6H3/t33-,37-,43?,46+,48-,51+/m0/s1. The Labute approximate surface area is 383 Å². The maximum Gasteiger partial charge on any atom is 0.264 e. The van der Waals surface area contributed by atoms with Gasteiger partial charge in [0.15, 0.2) is 5.60 Å². The van der Waals surface area contributed by atoms with E-state index in [1.165, 1.54) is 0 Å². The molecule has 2 saturated heterocycles. The van der Waals surface area contributed by atoms with Gasteiger partial charge in [-0.2, -0.15) is 0 Å². The number of methoxy groups -OCH3 is 2. The van der Waals surface area contributed by atoms with E-state index in [0.29, 0.717) is 55.2 Å². The van der Waals surface area contributed by atoms with Gasteiger partial charge < -0.3 is 44.3 Å². The summed E-state index contributed by atoms with van der Waals surface area (Å²) < 4.78 is 24.5. The molecule has 6 atom stereocenters. The second kappa shape index (κ2) is 19.3. The molecule has 4 aromatic rings. The molecule has 4 aromatic carbocycles. The number of aliphatic hydroxyl groups is 2. The molecule has 3 amide bonds. The van der Waals surface area contributed by atoms with Crippen LogP contribution in [0, 0.1) is 5.92 Å². The number of unbranched alkanes of at least 4 members (excludes halogenated alkanes) is 1. The Morgan fingerprint density at radius 2 is 1.66 bits per heavy atom. The molecule has 4 aliphatic heterocycles. The number of carbonyl (C=O) groups is 3. The number of benzene rings is 4. The third-order valence-corrected chi connectivity index (χ3v) is 18.7. The van der Waals surface area contributed by atoms with Crippen molar-refractivity contribution in [2.45, 2.75) is 101 Å². The number of anilines is 3. The molecule has 2 fully saturated rings. The van der Waals surface area contributed by atoms with Crippen molar-refractivity contribution in [3.8, 4) is 17.2 Å². The van der Waals surface area contributed by atoms with Gasteiger partial charge in [0.05, 0.1) is 78.0 Å². The summed E-state index contributed by atoms with van der Waals surface area (Å²) in [6, 6.07) is 26.8. The van der Waals surface area contributed by atoms with E-state index < -0.39 is 25.8 Å². The highest BCUT2D eigenvalue weighted by atomic mass is 28.3. The van der Waals surface area contributed by atoms with E-state index in [2.05, 4.69) is 37.5 Å². The number of amides is 3. The van der Waals surface area contributed by atoms with E-state index in [4.69, 9.17) is 18.9 Å². The maximum atomic E-state index is 15.7. The van der Waals surface area contributed by atoms with Crippen molar-refractivity contribution in [2.75, 3.05) is 56.9 Å². The smallest absolute Gasteiger partial charge is 0.264 e. The number of carbonyl (C=O) groups excluding carboxylic acids is 3. The van der Waals surface area contributed by atoms with Crippen molar-refractivity contribution in [1.82, 2.24) is 10.2 Å². The van der Waals surface area contributed by atoms with Gasteiger partial charge in [-0.1, -0.05) is 49.5 Å². The zero-order chi connectivity index (χ0) is 46.0. The SMILES string of the molecule is CCOc1ccc2c(c1)CC(NCCCCO)C(=O)N2c1cccc(CN2C(=O)[C@]3(O[C@H](CC(=O)N4CCC[C@H]4CO)[C@@H]([Si](C)(C)c4ccc(OC)cc4)[C@@H]3C)c3cc(OC)ccc32)c1. The summed E-state index contributed by atoms with van der Waals surface area (Å²) in [5.74, 6) is 1.37. The van der Waals surface area contributed by atoms with Crippen molar-refractivity contribution in [3.63, 3.8) is 0 Å². The first-order chi connectivity index (χ1) is 31.4. The fourth-order valence-corrected chi connectivity index (χ4v) is 15.1. The van der Waals surface area contributed by atoms with Gasteiger partial charge in [-0.3, -0.25) is 19.3 Å². The highest BCUT2D eigenvalue weighted by molar-refractivity contribution is 6.91. The molecule has 8 rings (SSSR count). The average Bonchev–Trinajstić information content (AvgIpc) is 3.98. The molecular formula is C51H64N4O9Si. The third-order valence-electron chi connectivity index (χ3n) is 14.4. The van der Waals surface area contributed by atoms with Crippen LogP contribution in [-0.4, -0.2) is 106 Å². The van der Waals surface area contributed by atoms with E-state index in [1.54, 1.807) is 28.9 Å². The summed E-state index contributed by atoms with van der Waals surface area (Å²) in [5, 5.41) is 24.2. The number of hydrogen-bond acceptors (Lipinski definition) is 10. The van der Waals surface area contributed by atoms with Gasteiger partial charge in [-0.15, -0.1) is 0 Å². The number of hydrogen-bond donors (Lipinski definition) is 3. The van der Waals surface area contributed by atoms with Crippen molar-refractivity contribution >= 4 is 48.0 Å². The molecular weight excluding hydrogens is 841 g/mol. The molecule has 0 bridgehead atoms. The Balaban J connectivity index is 1.16. The minimum absolute atomic E-state index is 0.0733. The third kappa shape index (κ3) is 8.55. The lowest BCUT2D eigenvalue weighted by Gasteiger charge is -2.37. The van der Waals surface area contributed by atoms with Crippen LogP contribution in [0.5, 0.6) is 17.2 Å². The number of likely N-dealkylation sites (tertiary alicyclic amines) is 1. The van der Waals surface area contributed by atoms with Gasteiger partial charge in [0.2, 0.25) is 11.8 Å². The Bertz CT molecular complexity index is 2380. The Morgan fingerprint density at radius 1 is 0.923 bits per heavy atom. The van der Waals surface area contributed by atoms with Crippen LogP contribution in [0.25, 0.3) is 0 Å². The first-order valence-corrected chi connectivity index (χ1v) is 26.2. The van der Waals surface area contributed by atoms with Gasteiger partial charge in [0, 0.05) is 30.3 Å². The van der Waals surface area contributed by atoms with Crippen molar-refractivity contribution in [2.24, 2.45) is 5.92 Å². The van der Waals surface area contributed by atoms with Crippen LogP contribution in [-0.2, 0) is 37.7 Å². The number of aliphatic hydroxyl groups excluding tert-OH is 2. The summed E-state index contributed by atoms with van der Waals surface area (Å²) >= 11 is 0. The maximum absolute atomic E-state index is 15.7. The number of fused-ring (bicyclic) bond motifs is 3. The topological polar surface area (TPSA) is 150 Å². The van der Waals surface area contributed by atoms with E-state index in [9.17, 15) is 19.8 Å². The zero-order valence-electron chi connectivity index (χ0n) is 38.5. The Kier molecular flexibility index (Phi) is 13.7. The summed E-state index contributed by atoms with van der Waals surface area (Å²) in [6.07, 6.45) is 2.96. The molecule has 346 valence electrons. The summed E-state index contributed by atoms with van der Waals surface area (Å²) in [7, 11) is 0.701. The molecule has 65 heavy (non-hydrogen) atoms. The van der Waals surface area contributed by atoms with Crippen LogP contribution in [0.4, 0.5) is 17.1 Å². The second-order valence-electron chi connectivity index (χ2n) is 18.4. The predicted molar refractivity (Wildman–Crippen MR) is 253 cm³/mol. The fourth-order valence-electron chi connectivity index (χ4n) is 11.1. The molecule has 4 heterocycles. The van der Waals surface area contributed by atoms with Crippen LogP contribution < -0.4 is 34.5 Å². The molecule has 13 nitrogen and oxygen atoms in total. The largest absolute Gasteiger partial charge is 0.497 e. The quantitative estimate of drug-likeness (QED) is 0.0828. The van der Waals surface area contributed by atoms with E-state index >= 15 is 4.79 Å². The molecule has 0 radical (unpaired) electrons. The summed E-state index contributed by atoms with van der Waals surface area (Å²) in [4.78, 5) is 49.7. The van der Waals surface area contributed by atoms with Crippen LogP contribution in [0.15, 0.2) is 84.9 Å². The molecule has 3 N–H and O–H groups in total. The van der Waals surface area contributed by atoms with Crippen LogP contribution >= 0.6 is 0 Å². The van der Waals surface area contributed by atoms with E-state index in [0.717, 1.165) is 52.8 Å². The molecule has 0 aliphatic carbocycles. The minimum Gasteiger partial charge on any atom is -0.497 e. The number of ether oxygens (including phenoxy) is 4. The molecule has 0 saturated carbocycles. The van der Waals surface area contributed by atoms with Gasteiger partial charge in [-0.25, -0.2) is 0 Å². The predicted octanol–water partition coefficient (Wildman–Crippen LogP) is 6.19. The number of nitrogens with zero attached hydrogens (tertiary/aromatic N) is 3. The minimum atomic E-state index is -2.56. The number of rotatable bonds is 17. The summed E-state index contributed by atoms with van der Waals surface area (Å²) in [6.45, 7) is 10.5. The Hall–Kier alpha value is -5.25. The lowest BCUT2D eigenvalue weighted by atomic mass is 9.82. The van der Waals surface area contributed by atoms with E-state index in [-0.39, 0.29) is 61.4 Å². The van der Waals surface area contributed by atoms with Crippen LogP contribution in [0.2, 0.25) is 18.6 Å². The average molecular weight is 905 g/mol. The van der Waals surface area contributed by atoms with Crippen molar-refractivity contribution < 1.29 is 43.5 Å². The van der Waals surface area contributed by atoms with Crippen LogP contribution in [0.1, 0.15) is 62.6 Å². The molecule has 14 heteroatoms. The van der Waals surface area contributed by atoms with E-state index in [1.807, 2.05) is 79.7 Å². The fraction of sp³-hybridized carbons (Fsp3) is 0.471. The second-order valence-corrected chi connectivity index (χ2v) is 23.1. The normalized spacial score (nSPS) is 23.9. The lowest BCUT2D eigenvalue weighted by Crippen LogP contribution is -2.52. The molecule has 1 unspecified atom stereocenters. The van der Waals surface area contributed by atoms with Gasteiger partial charge in [-0.05, 0) is 123 Å². The van der Waals surface area contributed by atoms with Gasteiger partial charge in [0.25, 0.3) is 5.91 Å². The van der Waals surface area contributed by atoms with Crippen LogP contribution in [0.3, 0.4) is 0 Å². The zero-order valence-corrected chi connectivity index (χ0v) is 39.5. The first kappa shape index (κ1) is 46.3. The van der Waals surface area contributed by atoms with Crippen molar-refractivity contribution in [3.05, 3.63) is 102 Å². The number of nitrogens with one attached hydrogen (secondary N) is 1. The molecule has 4 aliphatic rings. The summed E-state index contributed by atoms with van der Waals surface area (Å²) in [5.41, 5.74) is 3.07. The molecule has 0 aromatic heterocycles. The van der Waals surface area contributed by atoms with Gasteiger partial charge in [0.1, 0.15) is 17.2 Å².